The summed E-state index contributed by atoms with van der Waals surface area (Å²) in [4.78, 5) is 17.5. The Labute approximate surface area is 151 Å². The number of carbonyl (C=O) groups excluding carboxylic acids is 1. The zero-order valence-corrected chi connectivity index (χ0v) is 15.2. The Morgan fingerprint density at radius 2 is 2.35 bits per heavy atom. The van der Waals surface area contributed by atoms with Crippen LogP contribution in [0.4, 0.5) is 5.13 Å². The lowest BCUT2D eigenvalue weighted by Crippen LogP contribution is -2.24. The van der Waals surface area contributed by atoms with Crippen LogP contribution in [0, 0.1) is 12.8 Å². The normalized spacial score (nSPS) is 16.9. The first-order valence-electron chi connectivity index (χ1n) is 7.33. The number of aryl methyl sites for hydroxylation is 1. The van der Waals surface area contributed by atoms with Crippen molar-refractivity contribution in [1.29, 1.82) is 0 Å². The lowest BCUT2D eigenvalue weighted by atomic mass is 10.1. The van der Waals surface area contributed by atoms with Gasteiger partial charge in [0, 0.05) is 29.1 Å². The Morgan fingerprint density at radius 3 is 3.04 bits per heavy atom. The van der Waals surface area contributed by atoms with Crippen molar-refractivity contribution in [2.24, 2.45) is 5.92 Å². The molecule has 1 amide bonds. The van der Waals surface area contributed by atoms with E-state index in [1.807, 2.05) is 25.3 Å². The number of benzene rings is 1. The quantitative estimate of drug-likeness (QED) is 0.861. The van der Waals surface area contributed by atoms with Gasteiger partial charge in [-0.1, -0.05) is 23.7 Å². The molecule has 1 aromatic heterocycles. The van der Waals surface area contributed by atoms with Crippen LogP contribution >= 0.6 is 35.3 Å². The molecule has 1 aliphatic heterocycles. The van der Waals surface area contributed by atoms with E-state index < -0.39 is 0 Å². The van der Waals surface area contributed by atoms with Crippen molar-refractivity contribution in [2.45, 2.75) is 19.8 Å². The first-order valence-corrected chi connectivity index (χ1v) is 8.52. The van der Waals surface area contributed by atoms with Gasteiger partial charge in [0.05, 0.1) is 5.92 Å². The number of nitrogens with zero attached hydrogens (tertiary/aromatic N) is 1. The zero-order chi connectivity index (χ0) is 15.5. The molecule has 1 saturated heterocycles. The molecule has 1 unspecified atom stereocenters. The minimum absolute atomic E-state index is 0. The number of aromatic nitrogens is 1. The predicted octanol–water partition coefficient (Wildman–Crippen LogP) is 3.67. The molecule has 7 heteroatoms. The average molecular weight is 372 g/mol. The molecule has 0 spiro atoms. The van der Waals surface area contributed by atoms with Crippen molar-refractivity contribution in [1.82, 2.24) is 10.3 Å². The van der Waals surface area contributed by atoms with Gasteiger partial charge in [-0.15, -0.1) is 23.7 Å². The van der Waals surface area contributed by atoms with E-state index >= 15 is 0 Å². The second-order valence-corrected chi connectivity index (χ2v) is 7.09. The lowest BCUT2D eigenvalue weighted by Gasteiger charge is -2.06. The molecule has 3 rings (SSSR count). The number of carbonyl (C=O) groups is 1. The van der Waals surface area contributed by atoms with E-state index in [1.165, 1.54) is 11.3 Å². The second-order valence-electron chi connectivity index (χ2n) is 5.57. The standard InChI is InChI=1S/C16H18ClN3OS.ClH/c1-10-2-3-11(7-14(10)17)6-13-9-19-16(22-13)20-15(21)12-4-5-18-8-12;/h2-3,7,9,12,18H,4-6,8H2,1H3,(H,19,20,21);1H. The number of hydrogen-bond donors (Lipinski definition) is 2. The van der Waals surface area contributed by atoms with Crippen LogP contribution in [0.3, 0.4) is 0 Å². The number of halogens is 2. The molecular weight excluding hydrogens is 353 g/mol. The van der Waals surface area contributed by atoms with Gasteiger partial charge in [0.1, 0.15) is 0 Å². The third-order valence-electron chi connectivity index (χ3n) is 3.83. The van der Waals surface area contributed by atoms with Gasteiger partial charge in [0.15, 0.2) is 5.13 Å². The van der Waals surface area contributed by atoms with Crippen molar-refractivity contribution >= 4 is 46.4 Å². The lowest BCUT2D eigenvalue weighted by molar-refractivity contribution is -0.119. The van der Waals surface area contributed by atoms with Crippen LogP contribution in [0.1, 0.15) is 22.4 Å². The van der Waals surface area contributed by atoms with Gasteiger partial charge >= 0.3 is 0 Å². The molecule has 1 atom stereocenters. The van der Waals surface area contributed by atoms with Crippen molar-refractivity contribution in [3.8, 4) is 0 Å². The molecule has 4 nitrogen and oxygen atoms in total. The maximum Gasteiger partial charge on any atom is 0.230 e. The molecule has 2 heterocycles. The smallest absolute Gasteiger partial charge is 0.230 e. The summed E-state index contributed by atoms with van der Waals surface area (Å²) in [6, 6.07) is 6.08. The summed E-state index contributed by atoms with van der Waals surface area (Å²) in [6.45, 7) is 3.66. The van der Waals surface area contributed by atoms with E-state index in [2.05, 4.69) is 21.7 Å². The molecule has 1 aliphatic rings. The van der Waals surface area contributed by atoms with Crippen LogP contribution in [0.15, 0.2) is 24.4 Å². The van der Waals surface area contributed by atoms with Crippen LogP contribution in [0.2, 0.25) is 5.02 Å². The van der Waals surface area contributed by atoms with Gasteiger partial charge in [-0.2, -0.15) is 0 Å². The summed E-state index contributed by atoms with van der Waals surface area (Å²) >= 11 is 7.67. The predicted molar refractivity (Wildman–Crippen MR) is 98.0 cm³/mol. The highest BCUT2D eigenvalue weighted by Crippen LogP contribution is 2.24. The van der Waals surface area contributed by atoms with E-state index in [4.69, 9.17) is 11.6 Å². The molecular formula is C16H19Cl2N3OS. The van der Waals surface area contributed by atoms with Crippen LogP contribution in [-0.4, -0.2) is 24.0 Å². The van der Waals surface area contributed by atoms with E-state index in [0.717, 1.165) is 47.0 Å². The van der Waals surface area contributed by atoms with Gasteiger partial charge in [0.2, 0.25) is 5.91 Å². The molecule has 1 fully saturated rings. The Hall–Kier alpha value is -1.14. The number of amides is 1. The Kier molecular flexibility index (Phi) is 6.41. The maximum atomic E-state index is 12.1. The van der Waals surface area contributed by atoms with Crippen LogP contribution in [0.5, 0.6) is 0 Å². The number of anilines is 1. The van der Waals surface area contributed by atoms with Crippen LogP contribution < -0.4 is 10.6 Å². The minimum Gasteiger partial charge on any atom is -0.316 e. The summed E-state index contributed by atoms with van der Waals surface area (Å²) in [6.07, 6.45) is 3.49. The fraction of sp³-hybridized carbons (Fsp3) is 0.375. The molecule has 0 saturated carbocycles. The van der Waals surface area contributed by atoms with Crippen molar-refractivity contribution in [3.63, 3.8) is 0 Å². The maximum absolute atomic E-state index is 12.1. The fourth-order valence-corrected chi connectivity index (χ4v) is 3.53. The van der Waals surface area contributed by atoms with Crippen molar-refractivity contribution in [2.75, 3.05) is 18.4 Å². The Bertz CT molecular complexity index is 684. The minimum atomic E-state index is 0. The molecule has 0 aliphatic carbocycles. The Morgan fingerprint density at radius 1 is 1.52 bits per heavy atom. The van der Waals surface area contributed by atoms with E-state index in [9.17, 15) is 4.79 Å². The van der Waals surface area contributed by atoms with E-state index in [0.29, 0.717) is 5.13 Å². The fourth-order valence-electron chi connectivity index (χ4n) is 2.48. The zero-order valence-electron chi connectivity index (χ0n) is 12.8. The van der Waals surface area contributed by atoms with Gasteiger partial charge in [-0.3, -0.25) is 4.79 Å². The largest absolute Gasteiger partial charge is 0.316 e. The number of hydrogen-bond acceptors (Lipinski definition) is 4. The average Bonchev–Trinajstić information content (AvgIpc) is 3.15. The van der Waals surface area contributed by atoms with E-state index in [1.54, 1.807) is 0 Å². The van der Waals surface area contributed by atoms with Gasteiger partial charge in [0.25, 0.3) is 0 Å². The van der Waals surface area contributed by atoms with E-state index in [-0.39, 0.29) is 24.2 Å². The number of nitrogens with one attached hydrogen (secondary N) is 2. The highest BCUT2D eigenvalue weighted by atomic mass is 35.5. The summed E-state index contributed by atoms with van der Waals surface area (Å²) in [7, 11) is 0. The molecule has 23 heavy (non-hydrogen) atoms. The SMILES string of the molecule is Cc1ccc(Cc2cnc(NC(=O)C3CCNC3)s2)cc1Cl.Cl. The number of thiazole rings is 1. The third-order valence-corrected chi connectivity index (χ3v) is 5.15. The highest BCUT2D eigenvalue weighted by Gasteiger charge is 2.23. The highest BCUT2D eigenvalue weighted by molar-refractivity contribution is 7.15. The summed E-state index contributed by atoms with van der Waals surface area (Å²) < 4.78 is 0. The molecule has 1 aromatic carbocycles. The van der Waals surface area contributed by atoms with Gasteiger partial charge in [-0.25, -0.2) is 4.98 Å². The monoisotopic (exact) mass is 371 g/mol. The first-order chi connectivity index (χ1) is 10.6. The van der Waals surface area contributed by atoms with Crippen molar-refractivity contribution < 1.29 is 4.79 Å². The van der Waals surface area contributed by atoms with Crippen molar-refractivity contribution in [3.05, 3.63) is 45.4 Å². The van der Waals surface area contributed by atoms with Crippen LogP contribution in [-0.2, 0) is 11.2 Å². The molecule has 124 valence electrons. The topological polar surface area (TPSA) is 54.0 Å². The van der Waals surface area contributed by atoms with Gasteiger partial charge in [-0.05, 0) is 37.1 Å². The summed E-state index contributed by atoms with van der Waals surface area (Å²) in [5.74, 6) is 0.118. The van der Waals surface area contributed by atoms with Gasteiger partial charge < -0.3 is 10.6 Å². The number of rotatable bonds is 4. The first kappa shape index (κ1) is 18.2. The second kappa shape index (κ2) is 8.11. The Balaban J connectivity index is 0.00000192. The summed E-state index contributed by atoms with van der Waals surface area (Å²) in [5, 5.41) is 7.56. The van der Waals surface area contributed by atoms with Crippen LogP contribution in [0.25, 0.3) is 0 Å². The molecule has 0 radical (unpaired) electrons. The molecule has 2 N–H and O–H groups in total. The molecule has 2 aromatic rings. The summed E-state index contributed by atoms with van der Waals surface area (Å²) in [5.41, 5.74) is 2.23. The third kappa shape index (κ3) is 4.67. The molecule has 0 bridgehead atoms.